The van der Waals surface area contributed by atoms with E-state index in [1.165, 1.54) is 18.0 Å². The summed E-state index contributed by atoms with van der Waals surface area (Å²) >= 11 is 0. The molecule has 0 saturated carbocycles. The highest BCUT2D eigenvalue weighted by Gasteiger charge is 2.37. The number of oxazole rings is 1. The van der Waals surface area contributed by atoms with Crippen molar-refractivity contribution >= 4 is 28.8 Å². The first kappa shape index (κ1) is 12.4. The predicted octanol–water partition coefficient (Wildman–Crippen LogP) is 1.04. The van der Waals surface area contributed by atoms with E-state index < -0.39 is 23.9 Å². The number of benzene rings is 1. The van der Waals surface area contributed by atoms with Crippen LogP contribution in [0.4, 0.5) is 14.9 Å². The van der Waals surface area contributed by atoms with Gasteiger partial charge in [-0.15, -0.1) is 0 Å². The summed E-state index contributed by atoms with van der Waals surface area (Å²) in [6.45, 7) is 0.0115. The van der Waals surface area contributed by atoms with Crippen LogP contribution in [-0.4, -0.2) is 36.7 Å². The molecule has 7 nitrogen and oxygen atoms in total. The van der Waals surface area contributed by atoms with Gasteiger partial charge in [-0.2, -0.15) is 0 Å². The summed E-state index contributed by atoms with van der Waals surface area (Å²) in [5, 5.41) is 2.39. The van der Waals surface area contributed by atoms with Crippen LogP contribution in [0.3, 0.4) is 0 Å². The van der Waals surface area contributed by atoms with Crippen molar-refractivity contribution in [1.82, 2.24) is 10.3 Å². The summed E-state index contributed by atoms with van der Waals surface area (Å²) in [5.74, 6) is -1.02. The van der Waals surface area contributed by atoms with Crippen LogP contribution in [0.5, 0.6) is 0 Å². The number of fused-ring (bicyclic) bond motifs is 1. The molecule has 0 radical (unpaired) electrons. The van der Waals surface area contributed by atoms with Crippen LogP contribution in [0.15, 0.2) is 22.9 Å². The first-order valence-electron chi connectivity index (χ1n) is 5.82. The van der Waals surface area contributed by atoms with Crippen LogP contribution in [0.25, 0.3) is 11.1 Å². The lowest BCUT2D eigenvalue weighted by molar-refractivity contribution is -0.127. The number of carbonyl (C=O) groups is 2. The number of nitrogens with one attached hydrogen (secondary N) is 1. The van der Waals surface area contributed by atoms with Crippen molar-refractivity contribution in [3.8, 4) is 0 Å². The van der Waals surface area contributed by atoms with Gasteiger partial charge in [-0.25, -0.2) is 14.2 Å². The van der Waals surface area contributed by atoms with Gasteiger partial charge in [-0.3, -0.25) is 9.69 Å². The first-order chi connectivity index (χ1) is 9.60. The molecule has 1 saturated heterocycles. The monoisotopic (exact) mass is 279 g/mol. The number of likely N-dealkylation sites (N-methyl/N-ethyl adjacent to an activating group) is 1. The van der Waals surface area contributed by atoms with E-state index in [0.29, 0.717) is 0 Å². The van der Waals surface area contributed by atoms with Gasteiger partial charge in [0.2, 0.25) is 0 Å². The summed E-state index contributed by atoms with van der Waals surface area (Å²) in [6, 6.07) is 2.62. The molecule has 1 N–H and O–H groups in total. The van der Waals surface area contributed by atoms with Crippen LogP contribution in [0, 0.1) is 5.82 Å². The van der Waals surface area contributed by atoms with Gasteiger partial charge in [0, 0.05) is 19.2 Å². The smallest absolute Gasteiger partial charge is 0.415 e. The van der Waals surface area contributed by atoms with Gasteiger partial charge < -0.3 is 14.5 Å². The van der Waals surface area contributed by atoms with Gasteiger partial charge in [0.1, 0.15) is 5.52 Å². The van der Waals surface area contributed by atoms with Crippen molar-refractivity contribution in [1.29, 1.82) is 0 Å². The zero-order chi connectivity index (χ0) is 14.3. The van der Waals surface area contributed by atoms with Gasteiger partial charge in [-0.1, -0.05) is 0 Å². The molecule has 1 aromatic carbocycles. The molecule has 0 unspecified atom stereocenters. The number of halogens is 1. The molecule has 2 heterocycles. The Morgan fingerprint density at radius 2 is 2.35 bits per heavy atom. The van der Waals surface area contributed by atoms with Crippen molar-refractivity contribution in [2.45, 2.75) is 6.10 Å². The fraction of sp³-hybridized carbons (Fsp3) is 0.250. The molecular formula is C12H10FN3O4. The van der Waals surface area contributed by atoms with Crippen LogP contribution in [0.2, 0.25) is 0 Å². The Hall–Kier alpha value is -2.64. The number of carbonyl (C=O) groups excluding carboxylic acids is 2. The summed E-state index contributed by atoms with van der Waals surface area (Å²) in [7, 11) is 1.44. The second kappa shape index (κ2) is 4.48. The second-order valence-electron chi connectivity index (χ2n) is 4.22. The third-order valence-corrected chi connectivity index (χ3v) is 3.04. The first-order valence-corrected chi connectivity index (χ1v) is 5.82. The maximum absolute atomic E-state index is 13.8. The Morgan fingerprint density at radius 1 is 1.55 bits per heavy atom. The lowest BCUT2D eigenvalue weighted by Gasteiger charge is -2.12. The van der Waals surface area contributed by atoms with Crippen LogP contribution in [-0.2, 0) is 9.53 Å². The fourth-order valence-corrected chi connectivity index (χ4v) is 2.04. The average Bonchev–Trinajstić information content (AvgIpc) is 3.04. The Kier molecular flexibility index (Phi) is 2.78. The number of ether oxygens (including phenoxy) is 1. The van der Waals surface area contributed by atoms with Crippen molar-refractivity contribution in [3.63, 3.8) is 0 Å². The molecule has 1 aliphatic rings. The molecule has 2 amide bonds. The van der Waals surface area contributed by atoms with Crippen LogP contribution >= 0.6 is 0 Å². The number of amides is 2. The molecule has 0 bridgehead atoms. The van der Waals surface area contributed by atoms with Gasteiger partial charge in [0.15, 0.2) is 23.9 Å². The lowest BCUT2D eigenvalue weighted by atomic mass is 10.2. The summed E-state index contributed by atoms with van der Waals surface area (Å²) in [5.41, 5.74) is 0.559. The van der Waals surface area contributed by atoms with E-state index in [1.807, 2.05) is 0 Å². The highest BCUT2D eigenvalue weighted by atomic mass is 19.1. The normalized spacial score (nSPS) is 18.4. The minimum atomic E-state index is -0.916. The number of cyclic esters (lactones) is 1. The molecule has 0 aliphatic carbocycles. The van der Waals surface area contributed by atoms with Gasteiger partial charge in [0.25, 0.3) is 5.91 Å². The summed E-state index contributed by atoms with van der Waals surface area (Å²) in [6.07, 6.45) is -0.509. The predicted molar refractivity (Wildman–Crippen MR) is 65.6 cm³/mol. The Morgan fingerprint density at radius 3 is 3.10 bits per heavy atom. The Balaban J connectivity index is 1.95. The SMILES string of the molecule is CNC(=O)[C@H]1CN(c2cc(F)c3ncoc3c2)C(=O)O1. The number of nitrogens with zero attached hydrogens (tertiary/aromatic N) is 2. The highest BCUT2D eigenvalue weighted by Crippen LogP contribution is 2.27. The van der Waals surface area contributed by atoms with E-state index in [1.54, 1.807) is 0 Å². The van der Waals surface area contributed by atoms with E-state index in [9.17, 15) is 14.0 Å². The summed E-state index contributed by atoms with van der Waals surface area (Å²) < 4.78 is 23.7. The van der Waals surface area contributed by atoms with E-state index >= 15 is 0 Å². The third-order valence-electron chi connectivity index (χ3n) is 3.04. The molecule has 1 aliphatic heterocycles. The molecule has 20 heavy (non-hydrogen) atoms. The Bertz CT molecular complexity index is 699. The van der Waals surface area contributed by atoms with E-state index in [2.05, 4.69) is 10.3 Å². The Labute approximate surface area is 112 Å². The number of anilines is 1. The molecule has 104 valence electrons. The van der Waals surface area contributed by atoms with Gasteiger partial charge in [0.05, 0.1) is 12.2 Å². The molecule has 8 heteroatoms. The number of aromatic nitrogens is 1. The van der Waals surface area contributed by atoms with Gasteiger partial charge >= 0.3 is 6.09 Å². The number of hydrogen-bond acceptors (Lipinski definition) is 5. The topological polar surface area (TPSA) is 84.7 Å². The van der Waals surface area contributed by atoms with E-state index in [4.69, 9.17) is 9.15 Å². The number of rotatable bonds is 2. The zero-order valence-corrected chi connectivity index (χ0v) is 10.4. The highest BCUT2D eigenvalue weighted by molar-refractivity contribution is 5.96. The molecule has 1 atom stereocenters. The van der Waals surface area contributed by atoms with Crippen LogP contribution < -0.4 is 10.2 Å². The fourth-order valence-electron chi connectivity index (χ4n) is 2.04. The minimum Gasteiger partial charge on any atom is -0.443 e. The standard InChI is InChI=1S/C12H10FN3O4/c1-14-11(17)9-4-16(12(18)20-9)6-2-7(13)10-8(3-6)19-5-15-10/h2-3,5,9H,4H2,1H3,(H,14,17)/t9-/m1/s1. The van der Waals surface area contributed by atoms with Crippen molar-refractivity contribution in [2.24, 2.45) is 0 Å². The van der Waals surface area contributed by atoms with Crippen molar-refractivity contribution in [2.75, 3.05) is 18.5 Å². The quantitative estimate of drug-likeness (QED) is 0.887. The molecule has 2 aromatic rings. The molecule has 0 spiro atoms. The minimum absolute atomic E-state index is 0.0115. The zero-order valence-electron chi connectivity index (χ0n) is 10.4. The van der Waals surface area contributed by atoms with E-state index in [0.717, 1.165) is 12.5 Å². The molecule has 3 rings (SSSR count). The molecule has 1 aromatic heterocycles. The maximum Gasteiger partial charge on any atom is 0.415 e. The maximum atomic E-state index is 13.8. The van der Waals surface area contributed by atoms with Crippen molar-refractivity contribution < 1.29 is 23.1 Å². The van der Waals surface area contributed by atoms with Crippen LogP contribution in [0.1, 0.15) is 0 Å². The van der Waals surface area contributed by atoms with Gasteiger partial charge in [-0.05, 0) is 0 Å². The third kappa shape index (κ3) is 1.85. The average molecular weight is 279 g/mol. The lowest BCUT2D eigenvalue weighted by Crippen LogP contribution is -2.35. The molecule has 1 fully saturated rings. The summed E-state index contributed by atoms with van der Waals surface area (Å²) in [4.78, 5) is 28.1. The number of hydrogen-bond donors (Lipinski definition) is 1. The molecular weight excluding hydrogens is 269 g/mol. The van der Waals surface area contributed by atoms with Crippen molar-refractivity contribution in [3.05, 3.63) is 24.3 Å². The largest absolute Gasteiger partial charge is 0.443 e. The van der Waals surface area contributed by atoms with E-state index in [-0.39, 0.29) is 23.3 Å². The second-order valence-corrected chi connectivity index (χ2v) is 4.22.